The maximum Gasteiger partial charge on any atom is 0.251 e. The van der Waals surface area contributed by atoms with Crippen molar-refractivity contribution in [3.05, 3.63) is 29.3 Å². The lowest BCUT2D eigenvalue weighted by molar-refractivity contribution is 0.0912. The number of thiazole rings is 1. The minimum atomic E-state index is 0.0237. The SMILES string of the molecule is CN1CCC[C@@H](NC(=O)c2ccc3ncsc3c2)C1. The van der Waals surface area contributed by atoms with Gasteiger partial charge in [0.2, 0.25) is 0 Å². The standard InChI is InChI=1S/C14H17N3OS/c1-17-6-2-3-11(8-17)16-14(18)10-4-5-12-13(7-10)19-9-15-12/h4-5,7,9,11H,2-3,6,8H2,1H3,(H,16,18)/t11-/m1/s1. The third-order valence-electron chi connectivity index (χ3n) is 3.55. The molecule has 1 aromatic heterocycles. The average molecular weight is 275 g/mol. The van der Waals surface area contributed by atoms with Gasteiger partial charge in [0.25, 0.3) is 5.91 Å². The van der Waals surface area contributed by atoms with E-state index in [1.165, 1.54) is 0 Å². The Hall–Kier alpha value is -1.46. The van der Waals surface area contributed by atoms with Crippen LogP contribution in [0.2, 0.25) is 0 Å². The number of amides is 1. The number of likely N-dealkylation sites (tertiary alicyclic amines) is 1. The van der Waals surface area contributed by atoms with Gasteiger partial charge >= 0.3 is 0 Å². The van der Waals surface area contributed by atoms with Gasteiger partial charge in [-0.05, 0) is 44.6 Å². The van der Waals surface area contributed by atoms with Crippen molar-refractivity contribution in [1.82, 2.24) is 15.2 Å². The van der Waals surface area contributed by atoms with Gasteiger partial charge in [-0.2, -0.15) is 0 Å². The summed E-state index contributed by atoms with van der Waals surface area (Å²) in [4.78, 5) is 18.7. The summed E-state index contributed by atoms with van der Waals surface area (Å²) in [5, 5.41) is 3.13. The lowest BCUT2D eigenvalue weighted by Crippen LogP contribution is -2.46. The number of nitrogens with one attached hydrogen (secondary N) is 1. The number of hydrogen-bond acceptors (Lipinski definition) is 4. The van der Waals surface area contributed by atoms with Gasteiger partial charge in [0.1, 0.15) is 0 Å². The highest BCUT2D eigenvalue weighted by Gasteiger charge is 2.19. The Labute approximate surface area is 116 Å². The fourth-order valence-corrected chi connectivity index (χ4v) is 3.27. The molecule has 0 aliphatic carbocycles. The monoisotopic (exact) mass is 275 g/mol. The first kappa shape index (κ1) is 12.6. The van der Waals surface area contributed by atoms with Gasteiger partial charge in [0, 0.05) is 18.2 Å². The molecule has 1 aliphatic rings. The summed E-state index contributed by atoms with van der Waals surface area (Å²) >= 11 is 1.57. The van der Waals surface area contributed by atoms with E-state index < -0.39 is 0 Å². The van der Waals surface area contributed by atoms with Crippen LogP contribution in [0.4, 0.5) is 0 Å². The van der Waals surface area contributed by atoms with Crippen molar-refractivity contribution in [2.24, 2.45) is 0 Å². The molecule has 1 saturated heterocycles. The van der Waals surface area contributed by atoms with E-state index >= 15 is 0 Å². The van der Waals surface area contributed by atoms with Gasteiger partial charge in [-0.25, -0.2) is 4.98 Å². The number of carbonyl (C=O) groups excluding carboxylic acids is 1. The van der Waals surface area contributed by atoms with Crippen LogP contribution in [0.25, 0.3) is 10.2 Å². The zero-order valence-electron chi connectivity index (χ0n) is 10.9. The fourth-order valence-electron chi connectivity index (χ4n) is 2.55. The molecular weight excluding hydrogens is 258 g/mol. The number of fused-ring (bicyclic) bond motifs is 1. The van der Waals surface area contributed by atoms with Crippen LogP contribution in [0, 0.1) is 0 Å². The fraction of sp³-hybridized carbons (Fsp3) is 0.429. The molecule has 4 nitrogen and oxygen atoms in total. The highest BCUT2D eigenvalue weighted by Crippen LogP contribution is 2.19. The van der Waals surface area contributed by atoms with Crippen molar-refractivity contribution >= 4 is 27.5 Å². The van der Waals surface area contributed by atoms with E-state index in [9.17, 15) is 4.79 Å². The molecular formula is C14H17N3OS. The minimum absolute atomic E-state index is 0.0237. The van der Waals surface area contributed by atoms with Crippen molar-refractivity contribution in [2.45, 2.75) is 18.9 Å². The Bertz CT molecular complexity index is 595. The first-order valence-electron chi connectivity index (χ1n) is 6.55. The topological polar surface area (TPSA) is 45.2 Å². The molecule has 0 saturated carbocycles. The van der Waals surface area contributed by atoms with Crippen molar-refractivity contribution in [3.63, 3.8) is 0 Å². The quantitative estimate of drug-likeness (QED) is 0.913. The van der Waals surface area contributed by atoms with E-state index in [2.05, 4.69) is 22.2 Å². The van der Waals surface area contributed by atoms with Crippen LogP contribution in [-0.2, 0) is 0 Å². The Balaban J connectivity index is 1.72. The number of nitrogens with zero attached hydrogens (tertiary/aromatic N) is 2. The van der Waals surface area contributed by atoms with Gasteiger partial charge in [0.15, 0.2) is 0 Å². The Morgan fingerprint density at radius 3 is 3.26 bits per heavy atom. The molecule has 1 atom stereocenters. The summed E-state index contributed by atoms with van der Waals surface area (Å²) in [6.07, 6.45) is 2.22. The molecule has 5 heteroatoms. The van der Waals surface area contributed by atoms with Crippen molar-refractivity contribution in [3.8, 4) is 0 Å². The first-order valence-corrected chi connectivity index (χ1v) is 7.43. The van der Waals surface area contributed by atoms with E-state index in [1.54, 1.807) is 11.3 Å². The van der Waals surface area contributed by atoms with Gasteiger partial charge in [0.05, 0.1) is 15.7 Å². The number of aromatic nitrogens is 1. The highest BCUT2D eigenvalue weighted by molar-refractivity contribution is 7.16. The molecule has 0 unspecified atom stereocenters. The van der Waals surface area contributed by atoms with Crippen molar-refractivity contribution in [2.75, 3.05) is 20.1 Å². The maximum absolute atomic E-state index is 12.2. The molecule has 19 heavy (non-hydrogen) atoms. The van der Waals surface area contributed by atoms with E-state index in [-0.39, 0.29) is 11.9 Å². The van der Waals surface area contributed by atoms with Crippen LogP contribution in [0.5, 0.6) is 0 Å². The van der Waals surface area contributed by atoms with Crippen LogP contribution in [0.15, 0.2) is 23.7 Å². The molecule has 1 N–H and O–H groups in total. The van der Waals surface area contributed by atoms with E-state index in [0.717, 1.165) is 41.7 Å². The number of rotatable bonds is 2. The lowest BCUT2D eigenvalue weighted by atomic mass is 10.1. The third-order valence-corrected chi connectivity index (χ3v) is 4.34. The maximum atomic E-state index is 12.2. The molecule has 3 rings (SSSR count). The molecule has 100 valence electrons. The minimum Gasteiger partial charge on any atom is -0.348 e. The van der Waals surface area contributed by atoms with Gasteiger partial charge < -0.3 is 10.2 Å². The van der Waals surface area contributed by atoms with Crippen molar-refractivity contribution in [1.29, 1.82) is 0 Å². The van der Waals surface area contributed by atoms with Crippen molar-refractivity contribution < 1.29 is 4.79 Å². The van der Waals surface area contributed by atoms with Crippen LogP contribution in [0.1, 0.15) is 23.2 Å². The average Bonchev–Trinajstić information content (AvgIpc) is 2.85. The predicted octanol–water partition coefficient (Wildman–Crippen LogP) is 2.12. The summed E-state index contributed by atoms with van der Waals surface area (Å²) in [5.74, 6) is 0.0237. The second kappa shape index (κ2) is 5.27. The number of benzene rings is 1. The zero-order chi connectivity index (χ0) is 13.2. The van der Waals surface area contributed by atoms with Crippen LogP contribution in [-0.4, -0.2) is 42.0 Å². The largest absolute Gasteiger partial charge is 0.348 e. The van der Waals surface area contributed by atoms with E-state index in [4.69, 9.17) is 0 Å². The van der Waals surface area contributed by atoms with Gasteiger partial charge in [-0.1, -0.05) is 0 Å². The highest BCUT2D eigenvalue weighted by atomic mass is 32.1. The molecule has 1 aromatic carbocycles. The Kier molecular flexibility index (Phi) is 3.48. The zero-order valence-corrected chi connectivity index (χ0v) is 11.7. The molecule has 1 aliphatic heterocycles. The molecule has 2 heterocycles. The van der Waals surface area contributed by atoms with Gasteiger partial charge in [-0.3, -0.25) is 4.79 Å². The number of hydrogen-bond donors (Lipinski definition) is 1. The van der Waals surface area contributed by atoms with E-state index in [1.807, 2.05) is 23.7 Å². The normalized spacial score (nSPS) is 20.6. The second-order valence-electron chi connectivity index (χ2n) is 5.11. The number of carbonyl (C=O) groups is 1. The summed E-state index contributed by atoms with van der Waals surface area (Å²) < 4.78 is 1.06. The molecule has 1 fully saturated rings. The summed E-state index contributed by atoms with van der Waals surface area (Å²) in [6, 6.07) is 5.95. The smallest absolute Gasteiger partial charge is 0.251 e. The summed E-state index contributed by atoms with van der Waals surface area (Å²) in [7, 11) is 2.10. The molecule has 2 aromatic rings. The van der Waals surface area contributed by atoms with Crippen LogP contribution < -0.4 is 5.32 Å². The third kappa shape index (κ3) is 2.77. The van der Waals surface area contributed by atoms with E-state index in [0.29, 0.717) is 0 Å². The predicted molar refractivity (Wildman–Crippen MR) is 77.6 cm³/mol. The number of likely N-dealkylation sites (N-methyl/N-ethyl adjacent to an activating group) is 1. The Morgan fingerprint density at radius 1 is 1.53 bits per heavy atom. The van der Waals surface area contributed by atoms with Crippen LogP contribution >= 0.6 is 11.3 Å². The summed E-state index contributed by atoms with van der Waals surface area (Å²) in [6.45, 7) is 2.06. The molecule has 1 amide bonds. The first-order chi connectivity index (χ1) is 9.22. The summed E-state index contributed by atoms with van der Waals surface area (Å²) in [5.41, 5.74) is 3.49. The molecule has 0 radical (unpaired) electrons. The van der Waals surface area contributed by atoms with Crippen LogP contribution in [0.3, 0.4) is 0 Å². The Morgan fingerprint density at radius 2 is 2.42 bits per heavy atom. The molecule has 0 bridgehead atoms. The molecule has 0 spiro atoms. The number of piperidine rings is 1. The lowest BCUT2D eigenvalue weighted by Gasteiger charge is -2.30. The second-order valence-corrected chi connectivity index (χ2v) is 6.00. The van der Waals surface area contributed by atoms with Gasteiger partial charge in [-0.15, -0.1) is 11.3 Å².